The molecule has 116 valence electrons. The number of hydrogen-bond donors (Lipinski definition) is 2. The minimum atomic E-state index is -0.786. The van der Waals surface area contributed by atoms with Gasteiger partial charge in [0.25, 0.3) is 0 Å². The Bertz CT molecular complexity index is 491. The van der Waals surface area contributed by atoms with E-state index in [0.29, 0.717) is 12.5 Å². The van der Waals surface area contributed by atoms with Gasteiger partial charge in [-0.2, -0.15) is 0 Å². The summed E-state index contributed by atoms with van der Waals surface area (Å²) in [7, 11) is 0. The maximum absolute atomic E-state index is 10.9. The minimum Gasteiger partial charge on any atom is -0.480 e. The van der Waals surface area contributed by atoms with E-state index in [1.54, 1.807) is 0 Å². The van der Waals surface area contributed by atoms with Crippen LogP contribution in [0.2, 0.25) is 0 Å². The fourth-order valence-electron chi connectivity index (χ4n) is 3.05. The summed E-state index contributed by atoms with van der Waals surface area (Å²) in [6, 6.07) is 8.74. The smallest absolute Gasteiger partial charge is 0.317 e. The second-order valence-corrected chi connectivity index (χ2v) is 7.15. The largest absolute Gasteiger partial charge is 0.480 e. The zero-order valence-electron chi connectivity index (χ0n) is 13.2. The zero-order chi connectivity index (χ0) is 15.6. The van der Waals surface area contributed by atoms with E-state index in [4.69, 9.17) is 10.8 Å². The summed E-state index contributed by atoms with van der Waals surface area (Å²) in [5.74, 6) is -0.465. The summed E-state index contributed by atoms with van der Waals surface area (Å²) in [4.78, 5) is 12.8. The molecule has 1 aromatic rings. The number of carbonyl (C=O) groups is 1. The van der Waals surface area contributed by atoms with Crippen LogP contribution in [0.4, 0.5) is 0 Å². The molecule has 0 saturated carbocycles. The van der Waals surface area contributed by atoms with Crippen molar-refractivity contribution in [2.24, 2.45) is 5.73 Å². The topological polar surface area (TPSA) is 66.6 Å². The summed E-state index contributed by atoms with van der Waals surface area (Å²) < 4.78 is 0. The molecule has 1 aliphatic heterocycles. The first-order valence-corrected chi connectivity index (χ1v) is 7.56. The summed E-state index contributed by atoms with van der Waals surface area (Å²) in [5, 5.41) is 8.95. The molecule has 1 aromatic carbocycles. The van der Waals surface area contributed by atoms with Gasteiger partial charge >= 0.3 is 5.97 Å². The monoisotopic (exact) mass is 290 g/mol. The average molecular weight is 290 g/mol. The van der Waals surface area contributed by atoms with Gasteiger partial charge in [-0.15, -0.1) is 0 Å². The maximum Gasteiger partial charge on any atom is 0.317 e. The molecule has 0 aromatic heterocycles. The third-order valence-electron chi connectivity index (χ3n) is 4.17. The quantitative estimate of drug-likeness (QED) is 0.895. The van der Waals surface area contributed by atoms with Gasteiger partial charge in [0.05, 0.1) is 6.54 Å². The molecule has 1 heterocycles. The minimum absolute atomic E-state index is 0.0467. The van der Waals surface area contributed by atoms with Gasteiger partial charge in [0.1, 0.15) is 0 Å². The van der Waals surface area contributed by atoms with Crippen LogP contribution in [0.15, 0.2) is 24.3 Å². The van der Waals surface area contributed by atoms with Crippen molar-refractivity contribution in [3.63, 3.8) is 0 Å². The molecule has 0 spiro atoms. The van der Waals surface area contributed by atoms with Gasteiger partial charge in [0, 0.05) is 19.1 Å². The summed E-state index contributed by atoms with van der Waals surface area (Å²) in [6.07, 6.45) is 0.922. The molecule has 2 rings (SSSR count). The van der Waals surface area contributed by atoms with E-state index in [2.05, 4.69) is 45.0 Å². The number of aliphatic carboxylic acids is 1. The van der Waals surface area contributed by atoms with Crippen LogP contribution in [0.25, 0.3) is 0 Å². The predicted octanol–water partition coefficient (Wildman–Crippen LogP) is 2.19. The number of carboxylic acids is 1. The van der Waals surface area contributed by atoms with Crippen LogP contribution in [-0.4, -0.2) is 41.7 Å². The summed E-state index contributed by atoms with van der Waals surface area (Å²) in [6.45, 7) is 8.12. The lowest BCUT2D eigenvalue weighted by atomic mass is 9.83. The Morgan fingerprint density at radius 1 is 1.29 bits per heavy atom. The van der Waals surface area contributed by atoms with Crippen LogP contribution in [0.5, 0.6) is 0 Å². The molecule has 1 saturated heterocycles. The molecule has 2 unspecified atom stereocenters. The molecule has 0 bridgehead atoms. The predicted molar refractivity (Wildman–Crippen MR) is 84.6 cm³/mol. The number of carboxylic acid groups (broad SMARTS) is 1. The molecule has 0 radical (unpaired) electrons. The van der Waals surface area contributed by atoms with Crippen molar-refractivity contribution in [3.05, 3.63) is 35.4 Å². The van der Waals surface area contributed by atoms with Crippen molar-refractivity contribution in [3.8, 4) is 0 Å². The lowest BCUT2D eigenvalue weighted by molar-refractivity contribution is -0.138. The molecule has 2 atom stereocenters. The van der Waals surface area contributed by atoms with E-state index < -0.39 is 5.97 Å². The number of benzene rings is 1. The first-order valence-electron chi connectivity index (χ1n) is 7.56. The fourth-order valence-corrected chi connectivity index (χ4v) is 3.05. The standard InChI is InChI=1S/C17H26N2O2/c1-17(2,3)14-6-4-12(5-7-14)13-8-15(18)10-19(9-13)11-16(20)21/h4-7,13,15H,8-11,18H2,1-3H3,(H,20,21). The molecule has 0 aliphatic carbocycles. The number of nitrogens with zero attached hydrogens (tertiary/aromatic N) is 1. The van der Waals surface area contributed by atoms with E-state index in [0.717, 1.165) is 13.0 Å². The first-order chi connectivity index (χ1) is 9.75. The number of nitrogens with two attached hydrogens (primary N) is 1. The van der Waals surface area contributed by atoms with Gasteiger partial charge in [0.2, 0.25) is 0 Å². The highest BCUT2D eigenvalue weighted by Crippen LogP contribution is 2.29. The SMILES string of the molecule is CC(C)(C)c1ccc(C2CC(N)CN(CC(=O)O)C2)cc1. The molecule has 3 N–H and O–H groups in total. The van der Waals surface area contributed by atoms with E-state index in [-0.39, 0.29) is 18.0 Å². The Morgan fingerprint density at radius 3 is 2.43 bits per heavy atom. The average Bonchev–Trinajstić information content (AvgIpc) is 2.36. The van der Waals surface area contributed by atoms with Gasteiger partial charge in [-0.05, 0) is 28.9 Å². The van der Waals surface area contributed by atoms with Crippen LogP contribution in [0.3, 0.4) is 0 Å². The molecule has 1 fully saturated rings. The van der Waals surface area contributed by atoms with Gasteiger partial charge in [-0.3, -0.25) is 9.69 Å². The molecule has 21 heavy (non-hydrogen) atoms. The highest BCUT2D eigenvalue weighted by Gasteiger charge is 2.27. The van der Waals surface area contributed by atoms with Crippen molar-refractivity contribution in [2.75, 3.05) is 19.6 Å². The molecule has 1 aliphatic rings. The summed E-state index contributed by atoms with van der Waals surface area (Å²) in [5.41, 5.74) is 8.81. The zero-order valence-corrected chi connectivity index (χ0v) is 13.2. The third kappa shape index (κ3) is 4.29. The second kappa shape index (κ2) is 6.16. The molecular formula is C17H26N2O2. The van der Waals surface area contributed by atoms with Crippen molar-refractivity contribution < 1.29 is 9.90 Å². The molecule has 4 nitrogen and oxygen atoms in total. The van der Waals surface area contributed by atoms with Crippen molar-refractivity contribution in [1.29, 1.82) is 0 Å². The first kappa shape index (κ1) is 16.0. The van der Waals surface area contributed by atoms with Crippen molar-refractivity contribution in [1.82, 2.24) is 4.90 Å². The number of hydrogen-bond acceptors (Lipinski definition) is 3. The van der Waals surface area contributed by atoms with E-state index in [1.807, 2.05) is 4.90 Å². The van der Waals surface area contributed by atoms with Crippen LogP contribution in [0.1, 0.15) is 44.2 Å². The van der Waals surface area contributed by atoms with Crippen LogP contribution in [-0.2, 0) is 10.2 Å². The Kier molecular flexibility index (Phi) is 4.69. The lowest BCUT2D eigenvalue weighted by Crippen LogP contribution is -2.47. The van der Waals surface area contributed by atoms with E-state index in [9.17, 15) is 4.79 Å². The Labute approximate surface area is 126 Å². The van der Waals surface area contributed by atoms with Gasteiger partial charge in [0.15, 0.2) is 0 Å². The van der Waals surface area contributed by atoms with Crippen LogP contribution >= 0.6 is 0 Å². The number of piperidine rings is 1. The van der Waals surface area contributed by atoms with Crippen LogP contribution in [0, 0.1) is 0 Å². The Morgan fingerprint density at radius 2 is 1.90 bits per heavy atom. The highest BCUT2D eigenvalue weighted by atomic mass is 16.4. The maximum atomic E-state index is 10.9. The number of likely N-dealkylation sites (tertiary alicyclic amines) is 1. The summed E-state index contributed by atoms with van der Waals surface area (Å²) >= 11 is 0. The van der Waals surface area contributed by atoms with Crippen LogP contribution < -0.4 is 5.73 Å². The number of rotatable bonds is 3. The van der Waals surface area contributed by atoms with Crippen molar-refractivity contribution in [2.45, 2.75) is 44.6 Å². The molecule has 0 amide bonds. The van der Waals surface area contributed by atoms with Gasteiger partial charge < -0.3 is 10.8 Å². The van der Waals surface area contributed by atoms with E-state index in [1.165, 1.54) is 11.1 Å². The fraction of sp³-hybridized carbons (Fsp3) is 0.588. The lowest BCUT2D eigenvalue weighted by Gasteiger charge is -2.35. The Balaban J connectivity index is 2.11. The van der Waals surface area contributed by atoms with E-state index >= 15 is 0 Å². The van der Waals surface area contributed by atoms with Crippen molar-refractivity contribution >= 4 is 5.97 Å². The molecule has 4 heteroatoms. The highest BCUT2D eigenvalue weighted by molar-refractivity contribution is 5.69. The third-order valence-corrected chi connectivity index (χ3v) is 4.17. The van der Waals surface area contributed by atoms with Gasteiger partial charge in [-0.1, -0.05) is 45.0 Å². The molecular weight excluding hydrogens is 264 g/mol. The second-order valence-electron chi connectivity index (χ2n) is 7.15. The Hall–Kier alpha value is -1.39. The van der Waals surface area contributed by atoms with Gasteiger partial charge in [-0.25, -0.2) is 0 Å². The normalized spacial score (nSPS) is 24.0.